The Balaban J connectivity index is 1.59. The first kappa shape index (κ1) is 14.7. The number of amides is 1. The first-order chi connectivity index (χ1) is 11.2. The van der Waals surface area contributed by atoms with E-state index in [0.29, 0.717) is 22.1 Å². The fourth-order valence-electron chi connectivity index (χ4n) is 2.83. The summed E-state index contributed by atoms with van der Waals surface area (Å²) in [6.07, 6.45) is 0.908. The molecule has 0 fully saturated rings. The van der Waals surface area contributed by atoms with Crippen molar-refractivity contribution in [1.82, 2.24) is 5.32 Å². The highest BCUT2D eigenvalue weighted by Gasteiger charge is 2.25. The second-order valence-corrected chi connectivity index (χ2v) is 6.94. The highest BCUT2D eigenvalue weighted by molar-refractivity contribution is 7.99. The number of hydrogen-bond acceptors (Lipinski definition) is 4. The molecule has 0 bridgehead atoms. The Morgan fingerprint density at radius 1 is 1.26 bits per heavy atom. The molecule has 4 nitrogen and oxygen atoms in total. The zero-order valence-electron chi connectivity index (χ0n) is 12.2. The van der Waals surface area contributed by atoms with Crippen LogP contribution in [0.1, 0.15) is 28.4 Å². The average Bonchev–Trinajstić information content (AvgIpc) is 3.04. The van der Waals surface area contributed by atoms with Crippen LogP contribution < -0.4 is 14.8 Å². The van der Waals surface area contributed by atoms with Gasteiger partial charge in [-0.15, -0.1) is 11.8 Å². The molecular formula is C17H14ClNO3S. The first-order valence-electron chi connectivity index (χ1n) is 7.34. The van der Waals surface area contributed by atoms with Gasteiger partial charge in [-0.2, -0.15) is 0 Å². The summed E-state index contributed by atoms with van der Waals surface area (Å²) in [4.78, 5) is 13.8. The smallest absolute Gasteiger partial charge is 0.251 e. The molecule has 1 N–H and O–H groups in total. The minimum absolute atomic E-state index is 0.0177. The van der Waals surface area contributed by atoms with Gasteiger partial charge in [0.05, 0.1) is 11.1 Å². The highest BCUT2D eigenvalue weighted by atomic mass is 35.5. The summed E-state index contributed by atoms with van der Waals surface area (Å²) in [6.45, 7) is 0.132. The van der Waals surface area contributed by atoms with E-state index < -0.39 is 0 Å². The Hall–Kier alpha value is -1.85. The fraction of sp³-hybridized carbons (Fsp3) is 0.235. The molecule has 0 saturated carbocycles. The van der Waals surface area contributed by atoms with E-state index >= 15 is 0 Å². The molecule has 2 aromatic carbocycles. The van der Waals surface area contributed by atoms with Crippen LogP contribution in [-0.2, 0) is 0 Å². The lowest BCUT2D eigenvalue weighted by molar-refractivity contribution is 0.0934. The van der Waals surface area contributed by atoms with E-state index in [1.54, 1.807) is 12.1 Å². The van der Waals surface area contributed by atoms with Crippen LogP contribution >= 0.6 is 23.4 Å². The first-order valence-corrected chi connectivity index (χ1v) is 8.70. The Morgan fingerprint density at radius 3 is 3.04 bits per heavy atom. The van der Waals surface area contributed by atoms with E-state index in [1.807, 2.05) is 23.9 Å². The number of halogens is 1. The minimum atomic E-state index is -0.156. The molecule has 2 aliphatic heterocycles. The van der Waals surface area contributed by atoms with Crippen molar-refractivity contribution in [2.45, 2.75) is 17.4 Å². The maximum atomic E-state index is 12.6. The zero-order valence-corrected chi connectivity index (χ0v) is 13.7. The van der Waals surface area contributed by atoms with Gasteiger partial charge in [0.25, 0.3) is 5.91 Å². The van der Waals surface area contributed by atoms with Crippen LogP contribution in [0, 0.1) is 0 Å². The molecule has 118 valence electrons. The molecule has 4 rings (SSSR count). The number of hydrogen-bond donors (Lipinski definition) is 1. The van der Waals surface area contributed by atoms with Gasteiger partial charge in [0.2, 0.25) is 6.79 Å². The van der Waals surface area contributed by atoms with Gasteiger partial charge in [-0.1, -0.05) is 29.8 Å². The van der Waals surface area contributed by atoms with Crippen molar-refractivity contribution in [3.8, 4) is 11.5 Å². The number of carbonyl (C=O) groups is 1. The molecule has 0 radical (unpaired) electrons. The van der Waals surface area contributed by atoms with E-state index in [-0.39, 0.29) is 18.7 Å². The molecule has 6 heteroatoms. The lowest BCUT2D eigenvalue weighted by Gasteiger charge is -2.26. The van der Waals surface area contributed by atoms with Crippen molar-refractivity contribution < 1.29 is 14.3 Å². The maximum Gasteiger partial charge on any atom is 0.251 e. The molecule has 2 heterocycles. The third-order valence-corrected chi connectivity index (χ3v) is 5.36. The molecule has 1 atom stereocenters. The molecule has 0 spiro atoms. The molecule has 23 heavy (non-hydrogen) atoms. The molecule has 0 saturated heterocycles. The molecule has 2 aliphatic rings. The van der Waals surface area contributed by atoms with E-state index in [2.05, 4.69) is 17.4 Å². The van der Waals surface area contributed by atoms with Gasteiger partial charge in [0, 0.05) is 16.2 Å². The lowest BCUT2D eigenvalue weighted by atomic mass is 10.0. The Kier molecular flexibility index (Phi) is 3.83. The standard InChI is InChI=1S/C17H14ClNO3S/c18-12-7-10(8-14-16(12)22-9-21-14)17(20)19-13-5-6-23-15-4-2-1-3-11(13)15/h1-4,7-8,13H,5-6,9H2,(H,19,20)/t13-/m1/s1. The van der Waals surface area contributed by atoms with Crippen molar-refractivity contribution >= 4 is 29.3 Å². The third kappa shape index (κ3) is 2.75. The quantitative estimate of drug-likeness (QED) is 0.890. The van der Waals surface area contributed by atoms with Gasteiger partial charge in [0.1, 0.15) is 0 Å². The number of benzene rings is 2. The van der Waals surface area contributed by atoms with Crippen LogP contribution in [-0.4, -0.2) is 18.5 Å². The van der Waals surface area contributed by atoms with Crippen LogP contribution in [0.3, 0.4) is 0 Å². The van der Waals surface area contributed by atoms with Crippen LogP contribution in [0.2, 0.25) is 5.02 Å². The summed E-state index contributed by atoms with van der Waals surface area (Å²) in [5.41, 5.74) is 1.65. The number of nitrogens with one attached hydrogen (secondary N) is 1. The lowest BCUT2D eigenvalue weighted by Crippen LogP contribution is -2.30. The SMILES string of the molecule is O=C(N[C@@H]1CCSc2ccccc21)c1cc(Cl)c2c(c1)OCO2. The van der Waals surface area contributed by atoms with Gasteiger partial charge in [-0.05, 0) is 30.2 Å². The molecule has 2 aromatic rings. The largest absolute Gasteiger partial charge is 0.454 e. The van der Waals surface area contributed by atoms with Gasteiger partial charge in [0.15, 0.2) is 11.5 Å². The molecule has 0 aliphatic carbocycles. The third-order valence-electron chi connectivity index (χ3n) is 3.95. The second-order valence-electron chi connectivity index (χ2n) is 5.39. The molecular weight excluding hydrogens is 334 g/mol. The zero-order chi connectivity index (χ0) is 15.8. The van der Waals surface area contributed by atoms with E-state index in [0.717, 1.165) is 12.2 Å². The summed E-state index contributed by atoms with van der Waals surface area (Å²) in [5, 5.41) is 3.50. The topological polar surface area (TPSA) is 47.6 Å². The predicted octanol–water partition coefficient (Wildman–Crippen LogP) is 4.04. The predicted molar refractivity (Wildman–Crippen MR) is 89.6 cm³/mol. The molecule has 1 amide bonds. The Labute approximate surface area is 143 Å². The number of thioether (sulfide) groups is 1. The summed E-state index contributed by atoms with van der Waals surface area (Å²) in [6, 6.07) is 11.5. The van der Waals surface area contributed by atoms with Gasteiger partial charge in [-0.25, -0.2) is 0 Å². The van der Waals surface area contributed by atoms with Crippen molar-refractivity contribution in [1.29, 1.82) is 0 Å². The minimum Gasteiger partial charge on any atom is -0.454 e. The van der Waals surface area contributed by atoms with Crippen molar-refractivity contribution in [3.63, 3.8) is 0 Å². The van der Waals surface area contributed by atoms with Crippen LogP contribution in [0.5, 0.6) is 11.5 Å². The number of ether oxygens (including phenoxy) is 2. The number of rotatable bonds is 2. The number of fused-ring (bicyclic) bond motifs is 2. The van der Waals surface area contributed by atoms with E-state index in [9.17, 15) is 4.79 Å². The van der Waals surface area contributed by atoms with Gasteiger partial charge >= 0.3 is 0 Å². The normalized spacial score (nSPS) is 18.4. The van der Waals surface area contributed by atoms with Crippen LogP contribution in [0.4, 0.5) is 0 Å². The van der Waals surface area contributed by atoms with Gasteiger partial charge in [-0.3, -0.25) is 4.79 Å². The summed E-state index contributed by atoms with van der Waals surface area (Å²) >= 11 is 7.98. The van der Waals surface area contributed by atoms with Crippen LogP contribution in [0.25, 0.3) is 0 Å². The summed E-state index contributed by atoms with van der Waals surface area (Å²) < 4.78 is 10.6. The monoisotopic (exact) mass is 347 g/mol. The van der Waals surface area contributed by atoms with E-state index in [4.69, 9.17) is 21.1 Å². The Morgan fingerprint density at radius 2 is 2.13 bits per heavy atom. The van der Waals surface area contributed by atoms with Crippen molar-refractivity contribution in [2.24, 2.45) is 0 Å². The van der Waals surface area contributed by atoms with Crippen molar-refractivity contribution in [2.75, 3.05) is 12.5 Å². The van der Waals surface area contributed by atoms with Crippen molar-refractivity contribution in [3.05, 3.63) is 52.5 Å². The van der Waals surface area contributed by atoms with Gasteiger partial charge < -0.3 is 14.8 Å². The maximum absolute atomic E-state index is 12.6. The number of carbonyl (C=O) groups excluding carboxylic acids is 1. The molecule has 0 aromatic heterocycles. The van der Waals surface area contributed by atoms with E-state index in [1.165, 1.54) is 10.5 Å². The van der Waals surface area contributed by atoms with Crippen LogP contribution in [0.15, 0.2) is 41.3 Å². The summed E-state index contributed by atoms with van der Waals surface area (Å²) in [5.74, 6) is 1.85. The average molecular weight is 348 g/mol. The summed E-state index contributed by atoms with van der Waals surface area (Å²) in [7, 11) is 0. The molecule has 0 unspecified atom stereocenters. The fourth-order valence-corrected chi connectivity index (χ4v) is 4.22. The highest BCUT2D eigenvalue weighted by Crippen LogP contribution is 2.40. The second kappa shape index (κ2) is 5.98. The Bertz CT molecular complexity index is 780.